The molecule has 0 aliphatic carbocycles. The van der Waals surface area contributed by atoms with Crippen molar-refractivity contribution in [3.63, 3.8) is 0 Å². The number of halogens is 3. The molecule has 0 saturated carbocycles. The van der Waals surface area contributed by atoms with E-state index < -0.39 is 41.6 Å². The molecule has 0 spiro atoms. The van der Waals surface area contributed by atoms with E-state index in [0.717, 1.165) is 11.8 Å². The zero-order chi connectivity index (χ0) is 21.0. The lowest BCUT2D eigenvalue weighted by molar-refractivity contribution is -0.244. The Bertz CT molecular complexity index is 576. The first kappa shape index (κ1) is 23.8. The molecule has 1 aliphatic heterocycles. The Balaban J connectivity index is 2.89. The molecule has 1 aliphatic rings. The summed E-state index contributed by atoms with van der Waals surface area (Å²) in [4.78, 5) is 13.5. The van der Waals surface area contributed by atoms with Gasteiger partial charge in [0.2, 0.25) is 0 Å². The van der Waals surface area contributed by atoms with Gasteiger partial charge in [0.25, 0.3) is 0 Å². The average molecular weight is 414 g/mol. The number of thioether (sulfide) groups is 1. The molecule has 7 nitrogen and oxygen atoms in total. The maximum atomic E-state index is 12.8. The average Bonchev–Trinajstić information content (AvgIpc) is 2.50. The molecule has 156 valence electrons. The van der Waals surface area contributed by atoms with Crippen molar-refractivity contribution in [1.82, 2.24) is 9.57 Å². The van der Waals surface area contributed by atoms with Crippen molar-refractivity contribution < 1.29 is 32.5 Å². The maximum Gasteiger partial charge on any atom is 0.509 e. The van der Waals surface area contributed by atoms with Crippen LogP contribution in [0.25, 0.3) is 0 Å². The van der Waals surface area contributed by atoms with E-state index in [0.29, 0.717) is 0 Å². The van der Waals surface area contributed by atoms with Gasteiger partial charge in [-0.15, -0.1) is 4.90 Å². The summed E-state index contributed by atoms with van der Waals surface area (Å²) in [5.74, 6) is 0. The van der Waals surface area contributed by atoms with Crippen LogP contribution in [0.4, 0.5) is 18.0 Å². The first-order valence-corrected chi connectivity index (χ1v) is 9.33. The summed E-state index contributed by atoms with van der Waals surface area (Å²) in [5.41, 5.74) is 4.28. The quantitative estimate of drug-likeness (QED) is 0.416. The Morgan fingerprint density at radius 1 is 1.44 bits per heavy atom. The van der Waals surface area contributed by atoms with E-state index in [4.69, 9.17) is 15.2 Å². The number of amides is 1. The van der Waals surface area contributed by atoms with Gasteiger partial charge in [-0.2, -0.15) is 18.0 Å². The van der Waals surface area contributed by atoms with Crippen LogP contribution in [0.3, 0.4) is 0 Å². The van der Waals surface area contributed by atoms with Crippen LogP contribution in [0.2, 0.25) is 0 Å². The van der Waals surface area contributed by atoms with Crippen molar-refractivity contribution in [3.05, 3.63) is 0 Å². The predicted octanol–water partition coefficient (Wildman–Crippen LogP) is 1.86. The molecule has 27 heavy (non-hydrogen) atoms. The lowest BCUT2D eigenvalue weighted by atomic mass is 10.00. The summed E-state index contributed by atoms with van der Waals surface area (Å²) in [5, 5.41) is 9.60. The number of carbonyl (C=O) groups excluding carboxylic acids is 1. The van der Waals surface area contributed by atoms with Gasteiger partial charge in [0.1, 0.15) is 11.0 Å². The van der Waals surface area contributed by atoms with Crippen molar-refractivity contribution in [2.24, 2.45) is 5.73 Å². The minimum Gasteiger partial charge on any atom is -0.425 e. The zero-order valence-electron chi connectivity index (χ0n) is 15.8. The third-order valence-corrected chi connectivity index (χ3v) is 4.70. The highest BCUT2D eigenvalue weighted by Crippen LogP contribution is 2.34. The topological polar surface area (TPSA) is 99.1 Å². The lowest BCUT2D eigenvalue weighted by Gasteiger charge is -2.35. The van der Waals surface area contributed by atoms with Crippen LogP contribution < -0.4 is 10.4 Å². The van der Waals surface area contributed by atoms with Gasteiger partial charge in [0.15, 0.2) is 12.8 Å². The molecule has 3 N–H and O–H groups in total. The molecule has 0 aromatic heterocycles. The molecule has 4 atom stereocenters. The molecule has 0 radical (unpaired) electrons. The number of aliphatic hydroxyl groups excluding tert-OH is 1. The third kappa shape index (κ3) is 7.34. The number of aliphatic hydroxyl groups is 1. The van der Waals surface area contributed by atoms with Gasteiger partial charge >= 0.3 is 17.4 Å². The van der Waals surface area contributed by atoms with Crippen molar-refractivity contribution >= 4 is 29.7 Å². The maximum absolute atomic E-state index is 12.8. The molecule has 11 heteroatoms. The minimum absolute atomic E-state index is 0.127. The van der Waals surface area contributed by atoms with Gasteiger partial charge in [0, 0.05) is 17.8 Å². The zero-order valence-corrected chi connectivity index (χ0v) is 16.6. The molecule has 0 aromatic rings. The van der Waals surface area contributed by atoms with E-state index in [2.05, 4.69) is 11.4 Å². The number of hydrogen-bond acceptors (Lipinski definition) is 6. The number of rotatable bonds is 3. The predicted molar refractivity (Wildman–Crippen MR) is 98.4 cm³/mol. The van der Waals surface area contributed by atoms with E-state index in [9.17, 15) is 23.1 Å². The van der Waals surface area contributed by atoms with E-state index in [1.807, 2.05) is 0 Å². The minimum atomic E-state index is -4.81. The second-order valence-corrected chi connectivity index (χ2v) is 8.23. The Hall–Kier alpha value is -1.26. The summed E-state index contributed by atoms with van der Waals surface area (Å²) in [7, 11) is 0. The molecule has 4 unspecified atom stereocenters. The van der Waals surface area contributed by atoms with E-state index >= 15 is 0 Å². The number of hydrogen-bond donors (Lipinski definition) is 2. The Morgan fingerprint density at radius 3 is 2.48 bits per heavy atom. The second kappa shape index (κ2) is 9.29. The normalized spacial score (nSPS) is 24.7. The number of nitrogens with zero attached hydrogens (tertiary/aromatic N) is 2. The lowest BCUT2D eigenvalue weighted by Crippen LogP contribution is -2.50. The van der Waals surface area contributed by atoms with Gasteiger partial charge < -0.3 is 20.3 Å². The van der Waals surface area contributed by atoms with Crippen LogP contribution in [0.5, 0.6) is 0 Å². The number of nitrogens with two attached hydrogens (primary N) is 1. The van der Waals surface area contributed by atoms with Crippen molar-refractivity contribution in [1.29, 1.82) is 0 Å². The highest BCUT2D eigenvalue weighted by Gasteiger charge is 2.48. The first-order chi connectivity index (χ1) is 12.3. The first-order valence-electron chi connectivity index (χ1n) is 8.45. The molecule has 0 bridgehead atoms. The highest BCUT2D eigenvalue weighted by atomic mass is 32.2. The summed E-state index contributed by atoms with van der Waals surface area (Å²) in [6.07, 6.45) is -9.50. The molecular formula is C16H27F3N3O4S+. The van der Waals surface area contributed by atoms with Gasteiger partial charge in [-0.1, -0.05) is 0 Å². The number of alkyl halides is 3. The van der Waals surface area contributed by atoms with Crippen LogP contribution in [0, 0.1) is 0 Å². The summed E-state index contributed by atoms with van der Waals surface area (Å²) in [6.45, 7) is 10.4. The van der Waals surface area contributed by atoms with E-state index in [1.165, 1.54) is 4.90 Å². The molecule has 1 saturated heterocycles. The Kier molecular flexibility index (Phi) is 8.18. The van der Waals surface area contributed by atoms with Crippen LogP contribution in [0.1, 0.15) is 40.5 Å². The summed E-state index contributed by atoms with van der Waals surface area (Å²) in [6, 6.07) is -0.596. The van der Waals surface area contributed by atoms with Crippen LogP contribution >= 0.6 is 11.8 Å². The SMILES string of the molecule is C=[N+]=C(SC1CC(N)CC(C(O)C(F)(F)F)O1)N(CC)C(=O)OC(C)(C)C. The second-order valence-electron chi connectivity index (χ2n) is 7.11. The van der Waals surface area contributed by atoms with Gasteiger partial charge in [-0.05, 0) is 40.5 Å². The monoisotopic (exact) mass is 414 g/mol. The summed E-state index contributed by atoms with van der Waals surface area (Å²) < 4.78 is 52.8. The number of ether oxygens (including phenoxy) is 2. The highest BCUT2D eigenvalue weighted by molar-refractivity contribution is 8.14. The Morgan fingerprint density at radius 2 is 2.04 bits per heavy atom. The number of carbonyl (C=O) groups is 1. The number of amidine groups is 1. The molecule has 1 amide bonds. The Labute approximate surface area is 160 Å². The fourth-order valence-electron chi connectivity index (χ4n) is 2.40. The van der Waals surface area contributed by atoms with Crippen LogP contribution in [-0.4, -0.2) is 70.0 Å². The summed E-state index contributed by atoms with van der Waals surface area (Å²) >= 11 is 0.920. The smallest absolute Gasteiger partial charge is 0.425 e. The molecular weight excluding hydrogens is 387 g/mol. The standard InChI is InChI=1S/C16H27F3N3O4S/c1-6-22(14(24)26-15(2,3)4)13(21-5)27-11-8-9(20)7-10(25-11)12(23)16(17,18)19/h9-12,23H,5-8,20H2,1-4H3/q+1. The van der Waals surface area contributed by atoms with Gasteiger partial charge in [-0.25, -0.2) is 4.67 Å². The molecule has 1 heterocycles. The fraction of sp³-hybridized carbons (Fsp3) is 0.812. The fourth-order valence-corrected chi connectivity index (χ4v) is 3.58. The van der Waals surface area contributed by atoms with Crippen molar-refractivity contribution in [3.8, 4) is 0 Å². The van der Waals surface area contributed by atoms with Crippen LogP contribution in [-0.2, 0) is 9.47 Å². The van der Waals surface area contributed by atoms with Gasteiger partial charge in [-0.3, -0.25) is 0 Å². The molecule has 1 fully saturated rings. The van der Waals surface area contributed by atoms with Crippen molar-refractivity contribution in [2.75, 3.05) is 6.54 Å². The molecule has 0 aromatic carbocycles. The van der Waals surface area contributed by atoms with E-state index in [1.54, 1.807) is 27.7 Å². The third-order valence-electron chi connectivity index (χ3n) is 3.58. The van der Waals surface area contributed by atoms with Crippen molar-refractivity contribution in [2.45, 2.75) is 76.0 Å². The molecule has 1 rings (SSSR count). The van der Waals surface area contributed by atoms with Gasteiger partial charge in [0.05, 0.1) is 12.6 Å². The largest absolute Gasteiger partial charge is 0.509 e. The van der Waals surface area contributed by atoms with E-state index in [-0.39, 0.29) is 24.6 Å². The van der Waals surface area contributed by atoms with Crippen LogP contribution in [0.15, 0.2) is 0 Å².